The fraction of sp³-hybridized carbons (Fsp3) is 0.429. The van der Waals surface area contributed by atoms with Crippen molar-refractivity contribution in [3.05, 3.63) is 29.8 Å². The SMILES string of the molecule is Cc1cccc(N2C(=O)C3C(C)CCN3C2=O)c1. The molecule has 0 saturated carbocycles. The van der Waals surface area contributed by atoms with Gasteiger partial charge in [-0.05, 0) is 37.0 Å². The summed E-state index contributed by atoms with van der Waals surface area (Å²) in [7, 11) is 0. The number of anilines is 1. The Hall–Kier alpha value is -1.84. The number of hydrogen-bond donors (Lipinski definition) is 0. The molecule has 18 heavy (non-hydrogen) atoms. The number of amides is 3. The van der Waals surface area contributed by atoms with Crippen molar-refractivity contribution in [2.75, 3.05) is 11.4 Å². The Bertz CT molecular complexity index is 526. The van der Waals surface area contributed by atoms with E-state index in [4.69, 9.17) is 0 Å². The van der Waals surface area contributed by atoms with Crippen LogP contribution < -0.4 is 4.90 Å². The molecule has 0 radical (unpaired) electrons. The molecule has 4 nitrogen and oxygen atoms in total. The van der Waals surface area contributed by atoms with Crippen molar-refractivity contribution < 1.29 is 9.59 Å². The molecule has 2 fully saturated rings. The normalized spacial score (nSPS) is 27.0. The summed E-state index contributed by atoms with van der Waals surface area (Å²) in [6, 6.07) is 7.10. The monoisotopic (exact) mass is 244 g/mol. The summed E-state index contributed by atoms with van der Waals surface area (Å²) in [5.74, 6) is 0.187. The third kappa shape index (κ3) is 1.45. The molecule has 2 aliphatic heterocycles. The highest BCUT2D eigenvalue weighted by Crippen LogP contribution is 2.34. The van der Waals surface area contributed by atoms with Gasteiger partial charge in [0.25, 0.3) is 5.91 Å². The molecule has 0 spiro atoms. The van der Waals surface area contributed by atoms with Gasteiger partial charge in [-0.1, -0.05) is 19.1 Å². The average Bonchev–Trinajstić information content (AvgIpc) is 2.81. The highest BCUT2D eigenvalue weighted by atomic mass is 16.2. The van der Waals surface area contributed by atoms with Crippen molar-refractivity contribution in [2.24, 2.45) is 5.92 Å². The Kier molecular flexibility index (Phi) is 2.40. The van der Waals surface area contributed by atoms with Gasteiger partial charge in [0.05, 0.1) is 5.69 Å². The largest absolute Gasteiger partial charge is 0.332 e. The van der Waals surface area contributed by atoms with Crippen LogP contribution in [0.4, 0.5) is 10.5 Å². The highest BCUT2D eigenvalue weighted by molar-refractivity contribution is 6.21. The fourth-order valence-electron chi connectivity index (χ4n) is 2.90. The van der Waals surface area contributed by atoms with Crippen molar-refractivity contribution in [3.63, 3.8) is 0 Å². The van der Waals surface area contributed by atoms with Crippen LogP contribution in [0.5, 0.6) is 0 Å². The van der Waals surface area contributed by atoms with Gasteiger partial charge in [0, 0.05) is 6.54 Å². The summed E-state index contributed by atoms with van der Waals surface area (Å²) in [5, 5.41) is 0. The minimum atomic E-state index is -0.252. The van der Waals surface area contributed by atoms with Crippen molar-refractivity contribution in [2.45, 2.75) is 26.3 Å². The fourth-order valence-corrected chi connectivity index (χ4v) is 2.90. The van der Waals surface area contributed by atoms with E-state index in [1.807, 2.05) is 38.1 Å². The first-order valence-electron chi connectivity index (χ1n) is 6.31. The molecular weight excluding hydrogens is 228 g/mol. The lowest BCUT2D eigenvalue weighted by molar-refractivity contribution is -0.120. The number of fused-ring (bicyclic) bond motifs is 1. The van der Waals surface area contributed by atoms with E-state index in [9.17, 15) is 9.59 Å². The van der Waals surface area contributed by atoms with Crippen molar-refractivity contribution in [1.29, 1.82) is 0 Å². The quantitative estimate of drug-likeness (QED) is 0.710. The summed E-state index contributed by atoms with van der Waals surface area (Å²) in [6.45, 7) is 4.69. The van der Waals surface area contributed by atoms with Crippen LogP contribution in [0.3, 0.4) is 0 Å². The van der Waals surface area contributed by atoms with Gasteiger partial charge >= 0.3 is 6.03 Å². The van der Waals surface area contributed by atoms with Crippen molar-refractivity contribution in [1.82, 2.24) is 4.90 Å². The maximum absolute atomic E-state index is 12.4. The summed E-state index contributed by atoms with van der Waals surface area (Å²) in [4.78, 5) is 27.7. The molecule has 3 amide bonds. The third-order valence-corrected chi connectivity index (χ3v) is 3.87. The van der Waals surface area contributed by atoms with Gasteiger partial charge in [0.1, 0.15) is 6.04 Å². The molecule has 0 aromatic heterocycles. The molecule has 0 N–H and O–H groups in total. The molecule has 2 aliphatic rings. The number of rotatable bonds is 1. The number of hydrogen-bond acceptors (Lipinski definition) is 2. The van der Waals surface area contributed by atoms with Gasteiger partial charge in [0.15, 0.2) is 0 Å². The van der Waals surface area contributed by atoms with Gasteiger partial charge in [-0.25, -0.2) is 9.69 Å². The van der Waals surface area contributed by atoms with Crippen LogP contribution in [0.1, 0.15) is 18.9 Å². The summed E-state index contributed by atoms with van der Waals surface area (Å²) in [5.41, 5.74) is 1.74. The van der Waals surface area contributed by atoms with Crippen molar-refractivity contribution in [3.8, 4) is 0 Å². The zero-order chi connectivity index (χ0) is 12.9. The molecule has 2 heterocycles. The Balaban J connectivity index is 2.00. The van der Waals surface area contributed by atoms with E-state index in [2.05, 4.69) is 0 Å². The van der Waals surface area contributed by atoms with E-state index in [0.29, 0.717) is 12.2 Å². The van der Waals surface area contributed by atoms with Crippen LogP contribution in [0, 0.1) is 12.8 Å². The maximum Gasteiger partial charge on any atom is 0.332 e. The Morgan fingerprint density at radius 2 is 2.06 bits per heavy atom. The van der Waals surface area contributed by atoms with E-state index in [1.165, 1.54) is 4.90 Å². The molecule has 1 aromatic carbocycles. The molecule has 0 aliphatic carbocycles. The minimum Gasteiger partial charge on any atom is -0.312 e. The zero-order valence-corrected chi connectivity index (χ0v) is 10.6. The van der Waals surface area contributed by atoms with Crippen LogP contribution in [0.15, 0.2) is 24.3 Å². The Labute approximate surface area is 106 Å². The van der Waals surface area contributed by atoms with Gasteiger partial charge in [0.2, 0.25) is 0 Å². The van der Waals surface area contributed by atoms with Crippen LogP contribution in [0.25, 0.3) is 0 Å². The predicted octanol–water partition coefficient (Wildman–Crippen LogP) is 2.17. The number of carbonyl (C=O) groups is 2. The van der Waals surface area contributed by atoms with Crippen molar-refractivity contribution >= 4 is 17.6 Å². The summed E-state index contributed by atoms with van der Waals surface area (Å²) >= 11 is 0. The molecule has 2 unspecified atom stereocenters. The molecule has 1 aromatic rings. The second-order valence-electron chi connectivity index (χ2n) is 5.20. The second-order valence-corrected chi connectivity index (χ2v) is 5.20. The first-order valence-corrected chi connectivity index (χ1v) is 6.31. The van der Waals surface area contributed by atoms with E-state index in [0.717, 1.165) is 12.0 Å². The molecule has 0 bridgehead atoms. The third-order valence-electron chi connectivity index (χ3n) is 3.87. The highest BCUT2D eigenvalue weighted by Gasteiger charge is 2.51. The average molecular weight is 244 g/mol. The number of nitrogens with zero attached hydrogens (tertiary/aromatic N) is 2. The molecule has 4 heteroatoms. The van der Waals surface area contributed by atoms with Crippen LogP contribution in [0.2, 0.25) is 0 Å². The number of urea groups is 1. The van der Waals surface area contributed by atoms with Crippen LogP contribution in [-0.2, 0) is 4.79 Å². The van der Waals surface area contributed by atoms with E-state index in [1.54, 1.807) is 4.90 Å². The Morgan fingerprint density at radius 1 is 1.28 bits per heavy atom. The zero-order valence-electron chi connectivity index (χ0n) is 10.6. The smallest absolute Gasteiger partial charge is 0.312 e. The van der Waals surface area contributed by atoms with Gasteiger partial charge in [-0.3, -0.25) is 4.79 Å². The van der Waals surface area contributed by atoms with E-state index in [-0.39, 0.29) is 23.9 Å². The first kappa shape index (κ1) is 11.3. The maximum atomic E-state index is 12.4. The topological polar surface area (TPSA) is 40.6 Å². The summed E-state index contributed by atoms with van der Waals surface area (Å²) < 4.78 is 0. The lowest BCUT2D eigenvalue weighted by Gasteiger charge is -2.16. The molecule has 3 rings (SSSR count). The molecule has 2 atom stereocenters. The second kappa shape index (κ2) is 3.83. The van der Waals surface area contributed by atoms with Crippen LogP contribution in [-0.4, -0.2) is 29.4 Å². The van der Waals surface area contributed by atoms with Gasteiger partial charge in [-0.15, -0.1) is 0 Å². The number of carbonyl (C=O) groups excluding carboxylic acids is 2. The molecule has 2 saturated heterocycles. The van der Waals surface area contributed by atoms with Gasteiger partial charge in [-0.2, -0.15) is 0 Å². The number of aryl methyl sites for hydroxylation is 1. The van der Waals surface area contributed by atoms with Gasteiger partial charge < -0.3 is 4.90 Å². The molecular formula is C14H16N2O2. The minimum absolute atomic E-state index is 0.0735. The Morgan fingerprint density at radius 3 is 2.72 bits per heavy atom. The lowest BCUT2D eigenvalue weighted by Crippen LogP contribution is -2.33. The lowest BCUT2D eigenvalue weighted by atomic mass is 10.0. The van der Waals surface area contributed by atoms with E-state index < -0.39 is 0 Å². The number of imide groups is 1. The van der Waals surface area contributed by atoms with E-state index >= 15 is 0 Å². The standard InChI is InChI=1S/C14H16N2O2/c1-9-4-3-5-11(8-9)16-13(17)12-10(2)6-7-15(12)14(16)18/h3-5,8,10,12H,6-7H2,1-2H3. The first-order chi connectivity index (χ1) is 8.59. The van der Waals surface area contributed by atoms with Crippen LogP contribution >= 0.6 is 0 Å². The predicted molar refractivity (Wildman–Crippen MR) is 68.3 cm³/mol. The summed E-state index contributed by atoms with van der Waals surface area (Å²) in [6.07, 6.45) is 0.920. The molecule has 94 valence electrons. The number of benzene rings is 1.